The third kappa shape index (κ3) is 3.07. The fraction of sp³-hybridized carbons (Fsp3) is 0.227. The topological polar surface area (TPSA) is 69.0 Å². The number of hydrogen-bond acceptors (Lipinski definition) is 5. The van der Waals surface area contributed by atoms with E-state index in [9.17, 15) is 4.79 Å². The van der Waals surface area contributed by atoms with Crippen LogP contribution in [0.5, 0.6) is 5.75 Å². The molecule has 2 aromatic carbocycles. The summed E-state index contributed by atoms with van der Waals surface area (Å²) in [5, 5.41) is 9.00. The minimum Gasteiger partial charge on any atom is -0.496 e. The van der Waals surface area contributed by atoms with Crippen LogP contribution in [0, 0.1) is 0 Å². The maximum atomic E-state index is 12.9. The molecule has 1 aliphatic heterocycles. The van der Waals surface area contributed by atoms with Crippen molar-refractivity contribution in [2.45, 2.75) is 25.3 Å². The first-order valence-electron chi connectivity index (χ1n) is 9.65. The number of rotatable bonds is 3. The van der Waals surface area contributed by atoms with Crippen LogP contribution in [0.25, 0.3) is 11.4 Å². The number of halogens is 2. The van der Waals surface area contributed by atoms with Crippen LogP contribution in [0.2, 0.25) is 10.0 Å². The van der Waals surface area contributed by atoms with Gasteiger partial charge in [-0.1, -0.05) is 41.4 Å². The molecule has 1 atom stereocenters. The largest absolute Gasteiger partial charge is 0.496 e. The molecule has 0 saturated heterocycles. The quantitative estimate of drug-likeness (QED) is 0.599. The molecule has 1 N–H and O–H groups in total. The Morgan fingerprint density at radius 1 is 1.13 bits per heavy atom. The Morgan fingerprint density at radius 3 is 2.77 bits per heavy atom. The van der Waals surface area contributed by atoms with Crippen molar-refractivity contribution in [1.82, 2.24) is 14.8 Å². The normalized spacial score (nSPS) is 18.0. The highest BCUT2D eigenvalue weighted by Gasteiger charge is 2.37. The number of para-hydroxylation sites is 1. The van der Waals surface area contributed by atoms with E-state index in [2.05, 4.69) is 5.32 Å². The average Bonchev–Trinajstić information content (AvgIpc) is 3.18. The van der Waals surface area contributed by atoms with Crippen LogP contribution >= 0.6 is 23.2 Å². The highest BCUT2D eigenvalue weighted by molar-refractivity contribution is 6.42. The number of carbonyl (C=O) groups is 1. The second-order valence-corrected chi connectivity index (χ2v) is 8.09. The Morgan fingerprint density at radius 2 is 1.97 bits per heavy atom. The van der Waals surface area contributed by atoms with Crippen LogP contribution in [-0.4, -0.2) is 27.7 Å². The van der Waals surface area contributed by atoms with Gasteiger partial charge < -0.3 is 10.1 Å². The Balaban J connectivity index is 1.70. The zero-order valence-corrected chi connectivity index (χ0v) is 17.7. The molecule has 3 aromatic rings. The van der Waals surface area contributed by atoms with Crippen LogP contribution in [0.1, 0.15) is 30.9 Å². The van der Waals surface area contributed by atoms with Gasteiger partial charge in [0.1, 0.15) is 11.8 Å². The van der Waals surface area contributed by atoms with Crippen molar-refractivity contribution in [1.29, 1.82) is 0 Å². The van der Waals surface area contributed by atoms with Crippen LogP contribution in [-0.2, 0) is 4.79 Å². The predicted molar refractivity (Wildman–Crippen MR) is 116 cm³/mol. The molecule has 0 saturated carbocycles. The molecule has 0 amide bonds. The molecule has 1 aromatic heterocycles. The minimum atomic E-state index is -0.422. The van der Waals surface area contributed by atoms with Gasteiger partial charge in [-0.15, -0.1) is 5.10 Å². The smallest absolute Gasteiger partial charge is 0.226 e. The number of hydrogen-bond donors (Lipinski definition) is 1. The van der Waals surface area contributed by atoms with Crippen LogP contribution < -0.4 is 10.1 Å². The third-order valence-corrected chi connectivity index (χ3v) is 6.21. The molecular weight excluding hydrogens is 423 g/mol. The molecule has 0 spiro atoms. The van der Waals surface area contributed by atoms with Crippen molar-refractivity contribution < 1.29 is 9.53 Å². The van der Waals surface area contributed by atoms with Crippen LogP contribution in [0.4, 0.5) is 5.95 Å². The van der Waals surface area contributed by atoms with Gasteiger partial charge in [-0.3, -0.25) is 4.79 Å². The third-order valence-electron chi connectivity index (χ3n) is 5.48. The van der Waals surface area contributed by atoms with Crippen molar-refractivity contribution in [3.05, 3.63) is 69.3 Å². The van der Waals surface area contributed by atoms with E-state index in [1.807, 2.05) is 30.3 Å². The molecule has 1 unspecified atom stereocenters. The fourth-order valence-corrected chi connectivity index (χ4v) is 4.40. The number of aromatic nitrogens is 3. The molecule has 5 rings (SSSR count). The van der Waals surface area contributed by atoms with Gasteiger partial charge in [0.25, 0.3) is 0 Å². The standard InChI is InChI=1S/C22H18Cl2N4O2/c1-30-18-8-3-2-5-13(18)21-26-22-25-16-6-4-7-17(29)19(16)20(28(22)27-21)12-9-10-14(23)15(24)11-12/h2-3,5,8-11,20H,4,6-7H2,1H3,(H,25,26,27). The van der Waals surface area contributed by atoms with E-state index in [0.717, 1.165) is 29.7 Å². The molecule has 152 valence electrons. The van der Waals surface area contributed by atoms with E-state index in [1.165, 1.54) is 0 Å². The number of ether oxygens (including phenoxy) is 1. The SMILES string of the molecule is COc1ccccc1-c1nc2n(n1)C(c1ccc(Cl)c(Cl)c1)C1=C(CCCC1=O)N2. The number of carbonyl (C=O) groups excluding carboxylic acids is 1. The Bertz CT molecular complexity index is 1200. The number of nitrogens with one attached hydrogen (secondary N) is 1. The van der Waals surface area contributed by atoms with Gasteiger partial charge in [-0.25, -0.2) is 4.68 Å². The molecule has 2 aliphatic rings. The van der Waals surface area contributed by atoms with Crippen molar-refractivity contribution in [2.24, 2.45) is 0 Å². The Kier molecular flexibility index (Phi) is 4.76. The number of methoxy groups -OCH3 is 1. The Hall–Kier alpha value is -2.83. The molecule has 2 heterocycles. The lowest BCUT2D eigenvalue weighted by atomic mass is 9.85. The summed E-state index contributed by atoms with van der Waals surface area (Å²) in [5.74, 6) is 1.90. The maximum absolute atomic E-state index is 12.9. The number of benzene rings is 2. The molecule has 8 heteroatoms. The fourth-order valence-electron chi connectivity index (χ4n) is 4.09. The highest BCUT2D eigenvalue weighted by Crippen LogP contribution is 2.42. The van der Waals surface area contributed by atoms with Gasteiger partial charge in [0.2, 0.25) is 5.95 Å². The molecule has 30 heavy (non-hydrogen) atoms. The monoisotopic (exact) mass is 440 g/mol. The first-order chi connectivity index (χ1) is 14.6. The number of ketones is 1. The number of anilines is 1. The van der Waals surface area contributed by atoms with E-state index in [-0.39, 0.29) is 5.78 Å². The first-order valence-corrected chi connectivity index (χ1v) is 10.4. The van der Waals surface area contributed by atoms with Gasteiger partial charge in [0.05, 0.1) is 22.7 Å². The minimum absolute atomic E-state index is 0.111. The van der Waals surface area contributed by atoms with Crippen molar-refractivity contribution in [3.8, 4) is 17.1 Å². The summed E-state index contributed by atoms with van der Waals surface area (Å²) in [4.78, 5) is 17.6. The van der Waals surface area contributed by atoms with Gasteiger partial charge in [-0.05, 0) is 42.7 Å². The summed E-state index contributed by atoms with van der Waals surface area (Å²) in [6.07, 6.45) is 2.11. The molecular formula is C22H18Cl2N4O2. The number of fused-ring (bicyclic) bond motifs is 1. The summed E-state index contributed by atoms with van der Waals surface area (Å²) in [5.41, 5.74) is 3.23. The molecule has 6 nitrogen and oxygen atoms in total. The van der Waals surface area contributed by atoms with E-state index in [0.29, 0.717) is 39.6 Å². The maximum Gasteiger partial charge on any atom is 0.226 e. The zero-order valence-electron chi connectivity index (χ0n) is 16.2. The van der Waals surface area contributed by atoms with E-state index >= 15 is 0 Å². The molecule has 1 aliphatic carbocycles. The second-order valence-electron chi connectivity index (χ2n) is 7.27. The molecule has 0 fully saturated rings. The summed E-state index contributed by atoms with van der Waals surface area (Å²) in [7, 11) is 1.62. The molecule has 0 bridgehead atoms. The van der Waals surface area contributed by atoms with E-state index in [4.69, 9.17) is 38.0 Å². The van der Waals surface area contributed by atoms with Crippen molar-refractivity contribution in [3.63, 3.8) is 0 Å². The van der Waals surface area contributed by atoms with Gasteiger partial charge in [0, 0.05) is 17.7 Å². The number of Topliss-reactive ketones (excluding diaryl/α,β-unsaturated/α-hetero) is 1. The van der Waals surface area contributed by atoms with Crippen LogP contribution in [0.15, 0.2) is 53.7 Å². The lowest BCUT2D eigenvalue weighted by molar-refractivity contribution is -0.116. The van der Waals surface area contributed by atoms with E-state index < -0.39 is 6.04 Å². The van der Waals surface area contributed by atoms with Gasteiger partial charge >= 0.3 is 0 Å². The summed E-state index contributed by atoms with van der Waals surface area (Å²) in [6, 6.07) is 12.6. The highest BCUT2D eigenvalue weighted by atomic mass is 35.5. The summed E-state index contributed by atoms with van der Waals surface area (Å²) < 4.78 is 7.23. The lowest BCUT2D eigenvalue weighted by Crippen LogP contribution is -2.31. The van der Waals surface area contributed by atoms with Gasteiger partial charge in [-0.2, -0.15) is 4.98 Å². The van der Waals surface area contributed by atoms with Crippen LogP contribution in [0.3, 0.4) is 0 Å². The number of nitrogens with zero attached hydrogens (tertiary/aromatic N) is 3. The second kappa shape index (κ2) is 7.45. The average molecular weight is 441 g/mol. The summed E-state index contributed by atoms with van der Waals surface area (Å²) in [6.45, 7) is 0. The predicted octanol–water partition coefficient (Wildman–Crippen LogP) is 5.28. The Labute approximate surface area is 183 Å². The van der Waals surface area contributed by atoms with Crippen molar-refractivity contribution in [2.75, 3.05) is 12.4 Å². The lowest BCUT2D eigenvalue weighted by Gasteiger charge is -2.32. The van der Waals surface area contributed by atoms with Gasteiger partial charge in [0.15, 0.2) is 11.6 Å². The van der Waals surface area contributed by atoms with E-state index in [1.54, 1.807) is 23.9 Å². The van der Waals surface area contributed by atoms with Crippen molar-refractivity contribution >= 4 is 34.9 Å². The zero-order chi connectivity index (χ0) is 20.8. The molecule has 0 radical (unpaired) electrons. The first kappa shape index (κ1) is 19.2. The number of allylic oxidation sites excluding steroid dienone is 2. The summed E-state index contributed by atoms with van der Waals surface area (Å²) >= 11 is 12.4.